The average Bonchev–Trinajstić information content (AvgIpc) is 2.50. The first-order valence-corrected chi connectivity index (χ1v) is 7.60. The fraction of sp³-hybridized carbons (Fsp3) is 0.235. The van der Waals surface area contributed by atoms with Crippen molar-refractivity contribution in [2.45, 2.75) is 23.1 Å². The molecular weight excluding hydrogens is 284 g/mol. The van der Waals surface area contributed by atoms with Crippen LogP contribution in [-0.2, 0) is 16.0 Å². The highest BCUT2D eigenvalue weighted by molar-refractivity contribution is 7.99. The Labute approximate surface area is 129 Å². The van der Waals surface area contributed by atoms with Gasteiger partial charge in [-0.3, -0.25) is 4.79 Å². The van der Waals surface area contributed by atoms with Gasteiger partial charge < -0.3 is 9.47 Å². The molecule has 0 amide bonds. The van der Waals surface area contributed by atoms with Gasteiger partial charge in [0.2, 0.25) is 0 Å². The topological polar surface area (TPSA) is 35.5 Å². The SMILES string of the molecule is CCOC(=O)Cc1ccc(Sc2ccccc2)cc1OC. The third-order valence-electron chi connectivity index (χ3n) is 2.88. The van der Waals surface area contributed by atoms with Gasteiger partial charge in [0, 0.05) is 15.4 Å². The molecule has 0 atom stereocenters. The number of hydrogen-bond donors (Lipinski definition) is 0. The Morgan fingerprint density at radius 2 is 1.86 bits per heavy atom. The maximum Gasteiger partial charge on any atom is 0.310 e. The molecule has 0 saturated heterocycles. The lowest BCUT2D eigenvalue weighted by Crippen LogP contribution is -2.08. The van der Waals surface area contributed by atoms with Crippen LogP contribution in [0.1, 0.15) is 12.5 Å². The monoisotopic (exact) mass is 302 g/mol. The van der Waals surface area contributed by atoms with E-state index in [1.807, 2.05) is 36.4 Å². The van der Waals surface area contributed by atoms with Crippen LogP contribution < -0.4 is 4.74 Å². The molecule has 4 heteroatoms. The third-order valence-corrected chi connectivity index (χ3v) is 3.88. The van der Waals surface area contributed by atoms with Gasteiger partial charge in [-0.25, -0.2) is 0 Å². The Morgan fingerprint density at radius 1 is 1.10 bits per heavy atom. The number of carbonyl (C=O) groups excluding carboxylic acids is 1. The van der Waals surface area contributed by atoms with Crippen molar-refractivity contribution >= 4 is 17.7 Å². The third kappa shape index (κ3) is 4.53. The van der Waals surface area contributed by atoms with Crippen molar-refractivity contribution in [2.24, 2.45) is 0 Å². The fourth-order valence-electron chi connectivity index (χ4n) is 1.93. The van der Waals surface area contributed by atoms with Crippen LogP contribution >= 0.6 is 11.8 Å². The van der Waals surface area contributed by atoms with Crippen molar-refractivity contribution in [3.8, 4) is 5.75 Å². The van der Waals surface area contributed by atoms with Crippen LogP contribution in [0, 0.1) is 0 Å². The summed E-state index contributed by atoms with van der Waals surface area (Å²) in [5.74, 6) is 0.475. The zero-order valence-electron chi connectivity index (χ0n) is 12.2. The molecule has 2 aromatic carbocycles. The van der Waals surface area contributed by atoms with Gasteiger partial charge in [0.05, 0.1) is 20.1 Å². The molecule has 0 heterocycles. The molecule has 2 aromatic rings. The summed E-state index contributed by atoms with van der Waals surface area (Å²) in [5.41, 5.74) is 0.841. The van der Waals surface area contributed by atoms with E-state index < -0.39 is 0 Å². The van der Waals surface area contributed by atoms with E-state index in [-0.39, 0.29) is 12.4 Å². The van der Waals surface area contributed by atoms with E-state index in [1.165, 1.54) is 0 Å². The highest BCUT2D eigenvalue weighted by Gasteiger charge is 2.10. The van der Waals surface area contributed by atoms with Gasteiger partial charge in [0.25, 0.3) is 0 Å². The van der Waals surface area contributed by atoms with E-state index in [1.54, 1.807) is 25.8 Å². The fourth-order valence-corrected chi connectivity index (χ4v) is 2.79. The molecule has 0 aliphatic heterocycles. The Hall–Kier alpha value is -1.94. The normalized spacial score (nSPS) is 10.2. The van der Waals surface area contributed by atoms with E-state index >= 15 is 0 Å². The van der Waals surface area contributed by atoms with Crippen LogP contribution in [0.4, 0.5) is 0 Å². The zero-order chi connectivity index (χ0) is 15.1. The van der Waals surface area contributed by atoms with Crippen molar-refractivity contribution in [1.29, 1.82) is 0 Å². The summed E-state index contributed by atoms with van der Waals surface area (Å²) in [6.07, 6.45) is 0.229. The number of esters is 1. The van der Waals surface area contributed by atoms with E-state index in [0.717, 1.165) is 15.4 Å². The largest absolute Gasteiger partial charge is 0.496 e. The molecule has 3 nitrogen and oxygen atoms in total. The number of hydrogen-bond acceptors (Lipinski definition) is 4. The van der Waals surface area contributed by atoms with Crippen molar-refractivity contribution in [1.82, 2.24) is 0 Å². The smallest absolute Gasteiger partial charge is 0.310 e. The van der Waals surface area contributed by atoms with Crippen molar-refractivity contribution < 1.29 is 14.3 Å². The molecule has 110 valence electrons. The Kier molecular flexibility index (Phi) is 5.69. The molecule has 0 unspecified atom stereocenters. The van der Waals surface area contributed by atoms with Gasteiger partial charge >= 0.3 is 5.97 Å². The highest BCUT2D eigenvalue weighted by Crippen LogP contribution is 2.32. The molecular formula is C17H18O3S. The molecule has 0 spiro atoms. The molecule has 0 saturated carbocycles. The second-order valence-electron chi connectivity index (χ2n) is 4.37. The van der Waals surface area contributed by atoms with Gasteiger partial charge in [-0.05, 0) is 31.2 Å². The second-order valence-corrected chi connectivity index (χ2v) is 5.52. The number of carbonyl (C=O) groups is 1. The zero-order valence-corrected chi connectivity index (χ0v) is 13.0. The summed E-state index contributed by atoms with van der Waals surface area (Å²) in [4.78, 5) is 13.8. The van der Waals surface area contributed by atoms with Gasteiger partial charge in [0.15, 0.2) is 0 Å². The number of rotatable bonds is 6. The molecule has 2 rings (SSSR count). The molecule has 0 aliphatic rings. The van der Waals surface area contributed by atoms with E-state index in [0.29, 0.717) is 12.4 Å². The quantitative estimate of drug-likeness (QED) is 0.757. The summed E-state index contributed by atoms with van der Waals surface area (Å²) in [7, 11) is 1.61. The average molecular weight is 302 g/mol. The Bertz CT molecular complexity index is 596. The molecule has 0 aliphatic carbocycles. The number of ether oxygens (including phenoxy) is 2. The van der Waals surface area contributed by atoms with Gasteiger partial charge in [-0.2, -0.15) is 0 Å². The first-order chi connectivity index (χ1) is 10.2. The maximum atomic E-state index is 11.6. The molecule has 0 fully saturated rings. The van der Waals surface area contributed by atoms with Crippen LogP contribution in [0.15, 0.2) is 58.3 Å². The lowest BCUT2D eigenvalue weighted by atomic mass is 10.1. The van der Waals surface area contributed by atoms with Crippen LogP contribution in [-0.4, -0.2) is 19.7 Å². The van der Waals surface area contributed by atoms with Gasteiger partial charge in [0.1, 0.15) is 5.75 Å². The van der Waals surface area contributed by atoms with Crippen molar-refractivity contribution in [3.05, 3.63) is 54.1 Å². The van der Waals surface area contributed by atoms with E-state index in [2.05, 4.69) is 12.1 Å². The standard InChI is InChI=1S/C17H18O3S/c1-3-20-17(18)11-13-9-10-15(12-16(13)19-2)21-14-7-5-4-6-8-14/h4-10,12H,3,11H2,1-2H3. The molecule has 0 radical (unpaired) electrons. The minimum atomic E-state index is -0.237. The first kappa shape index (κ1) is 15.4. The van der Waals surface area contributed by atoms with Crippen LogP contribution in [0.25, 0.3) is 0 Å². The molecule has 0 bridgehead atoms. The molecule has 0 N–H and O–H groups in total. The van der Waals surface area contributed by atoms with Crippen LogP contribution in [0.2, 0.25) is 0 Å². The second kappa shape index (κ2) is 7.74. The minimum absolute atomic E-state index is 0.229. The van der Waals surface area contributed by atoms with Gasteiger partial charge in [-0.15, -0.1) is 0 Å². The van der Waals surface area contributed by atoms with Crippen LogP contribution in [0.5, 0.6) is 5.75 Å². The number of benzene rings is 2. The first-order valence-electron chi connectivity index (χ1n) is 6.78. The summed E-state index contributed by atoms with van der Waals surface area (Å²) < 4.78 is 10.4. The lowest BCUT2D eigenvalue weighted by Gasteiger charge is -2.10. The van der Waals surface area contributed by atoms with E-state index in [4.69, 9.17) is 9.47 Å². The van der Waals surface area contributed by atoms with Crippen molar-refractivity contribution in [3.63, 3.8) is 0 Å². The van der Waals surface area contributed by atoms with Gasteiger partial charge in [-0.1, -0.05) is 36.0 Å². The maximum absolute atomic E-state index is 11.6. The summed E-state index contributed by atoms with van der Waals surface area (Å²) in [6, 6.07) is 16.0. The van der Waals surface area contributed by atoms with E-state index in [9.17, 15) is 4.79 Å². The molecule has 21 heavy (non-hydrogen) atoms. The van der Waals surface area contributed by atoms with Crippen molar-refractivity contribution in [2.75, 3.05) is 13.7 Å². The Morgan fingerprint density at radius 3 is 2.52 bits per heavy atom. The summed E-state index contributed by atoms with van der Waals surface area (Å²) in [6.45, 7) is 2.19. The number of methoxy groups -OCH3 is 1. The Balaban J connectivity index is 2.14. The minimum Gasteiger partial charge on any atom is -0.496 e. The highest BCUT2D eigenvalue weighted by atomic mass is 32.2. The summed E-state index contributed by atoms with van der Waals surface area (Å²) in [5, 5.41) is 0. The predicted molar refractivity (Wildman–Crippen MR) is 83.9 cm³/mol. The predicted octanol–water partition coefficient (Wildman–Crippen LogP) is 3.95. The van der Waals surface area contributed by atoms with Crippen LogP contribution in [0.3, 0.4) is 0 Å². The summed E-state index contributed by atoms with van der Waals surface area (Å²) >= 11 is 1.66. The molecule has 0 aromatic heterocycles. The lowest BCUT2D eigenvalue weighted by molar-refractivity contribution is -0.142.